The van der Waals surface area contributed by atoms with Gasteiger partial charge in [0, 0.05) is 48.5 Å². The molecule has 1 amide bonds. The molecule has 0 bridgehead atoms. The summed E-state index contributed by atoms with van der Waals surface area (Å²) in [7, 11) is 1.67. The first kappa shape index (κ1) is 20.0. The zero-order valence-electron chi connectivity index (χ0n) is 17.9. The molecule has 9 nitrogen and oxygen atoms in total. The number of nitrogens with zero attached hydrogens (tertiary/aromatic N) is 6. The lowest BCUT2D eigenvalue weighted by Gasteiger charge is -2.26. The van der Waals surface area contributed by atoms with Crippen molar-refractivity contribution in [3.8, 4) is 5.75 Å². The summed E-state index contributed by atoms with van der Waals surface area (Å²) in [5.41, 5.74) is 10.5. The molecule has 31 heavy (non-hydrogen) atoms. The summed E-state index contributed by atoms with van der Waals surface area (Å²) < 4.78 is 7.41. The summed E-state index contributed by atoms with van der Waals surface area (Å²) in [5.74, 6) is 2.07. The van der Waals surface area contributed by atoms with Gasteiger partial charge in [-0.2, -0.15) is 10.1 Å². The first-order chi connectivity index (χ1) is 15.0. The van der Waals surface area contributed by atoms with Crippen LogP contribution >= 0.6 is 11.8 Å². The number of hydrogen-bond donors (Lipinski definition) is 1. The highest BCUT2D eigenvalue weighted by Gasteiger charge is 2.33. The minimum atomic E-state index is 0.0984. The Morgan fingerprint density at radius 2 is 2.16 bits per heavy atom. The Morgan fingerprint density at radius 1 is 1.32 bits per heavy atom. The Bertz CT molecular complexity index is 1190. The second-order valence-corrected chi connectivity index (χ2v) is 9.10. The average Bonchev–Trinajstić information content (AvgIpc) is 3.25. The average molecular weight is 440 g/mol. The van der Waals surface area contributed by atoms with Crippen molar-refractivity contribution in [3.05, 3.63) is 28.7 Å². The van der Waals surface area contributed by atoms with Crippen molar-refractivity contribution >= 4 is 34.7 Å². The van der Waals surface area contributed by atoms with Crippen LogP contribution in [-0.2, 0) is 17.8 Å². The maximum absolute atomic E-state index is 12.3. The number of hydrogen-bond acceptors (Lipinski definition) is 8. The number of carbonyl (C=O) groups is 1. The summed E-state index contributed by atoms with van der Waals surface area (Å²) in [5, 5.41) is 6.68. The highest BCUT2D eigenvalue weighted by Crippen LogP contribution is 2.36. The van der Waals surface area contributed by atoms with E-state index in [1.807, 2.05) is 29.6 Å². The molecule has 162 valence electrons. The first-order valence-corrected chi connectivity index (χ1v) is 11.4. The van der Waals surface area contributed by atoms with Crippen LogP contribution in [0, 0.1) is 13.8 Å². The van der Waals surface area contributed by atoms with E-state index in [1.54, 1.807) is 18.9 Å². The van der Waals surface area contributed by atoms with Gasteiger partial charge in [-0.05, 0) is 20.3 Å². The number of pyridine rings is 1. The first-order valence-electron chi connectivity index (χ1n) is 10.4. The van der Waals surface area contributed by atoms with Crippen molar-refractivity contribution in [3.63, 3.8) is 0 Å². The molecule has 5 rings (SSSR count). The van der Waals surface area contributed by atoms with Crippen LogP contribution < -0.4 is 10.5 Å². The number of methoxy groups -OCH3 is 1. The number of aryl methyl sites for hydroxylation is 1. The van der Waals surface area contributed by atoms with Gasteiger partial charge < -0.3 is 15.4 Å². The normalized spacial score (nSPS) is 18.6. The number of rotatable bonds is 4. The van der Waals surface area contributed by atoms with E-state index in [1.165, 1.54) is 0 Å². The van der Waals surface area contributed by atoms with Crippen molar-refractivity contribution in [2.24, 2.45) is 0 Å². The molecular weight excluding hydrogens is 414 g/mol. The molecule has 0 aromatic carbocycles. The quantitative estimate of drug-likeness (QED) is 0.615. The molecule has 2 N–H and O–H groups in total. The topological polar surface area (TPSA) is 112 Å². The molecule has 0 spiro atoms. The van der Waals surface area contributed by atoms with Crippen LogP contribution in [0.1, 0.15) is 35.4 Å². The number of nitrogens with two attached hydrogens (primary N) is 1. The highest BCUT2D eigenvalue weighted by atomic mass is 32.2. The zero-order chi connectivity index (χ0) is 21.7. The van der Waals surface area contributed by atoms with Crippen molar-refractivity contribution < 1.29 is 9.53 Å². The van der Waals surface area contributed by atoms with Gasteiger partial charge in [0.15, 0.2) is 5.65 Å². The summed E-state index contributed by atoms with van der Waals surface area (Å²) in [6, 6.07) is 0.0984. The standard InChI is InChI=1S/C21H25N7O2S/c1-11-8-23-15(12(2)18(11)30-3)9-28-19-17-14(26-28)7-13(27-6-4-5-16(27)29)10-31-20(17)25-21(22)24-19/h8,13H,4-7,9-10H2,1-3H3,(H2,22,24,25). The Labute approximate surface area is 184 Å². The van der Waals surface area contributed by atoms with Gasteiger partial charge in [0.25, 0.3) is 0 Å². The molecule has 5 heterocycles. The Morgan fingerprint density at radius 3 is 2.90 bits per heavy atom. The smallest absolute Gasteiger partial charge is 0.223 e. The second kappa shape index (κ2) is 7.67. The van der Waals surface area contributed by atoms with Gasteiger partial charge in [-0.1, -0.05) is 0 Å². The number of ether oxygens (including phenoxy) is 1. The minimum absolute atomic E-state index is 0.0984. The van der Waals surface area contributed by atoms with E-state index in [4.69, 9.17) is 15.6 Å². The zero-order valence-corrected chi connectivity index (χ0v) is 18.7. The summed E-state index contributed by atoms with van der Waals surface area (Å²) in [4.78, 5) is 28.0. The summed E-state index contributed by atoms with van der Waals surface area (Å²) >= 11 is 1.63. The lowest BCUT2D eigenvalue weighted by molar-refractivity contribution is -0.129. The Kier molecular flexibility index (Phi) is 4.96. The van der Waals surface area contributed by atoms with Gasteiger partial charge in [0.05, 0.1) is 30.4 Å². The minimum Gasteiger partial charge on any atom is -0.496 e. The fourth-order valence-corrected chi connectivity index (χ4v) is 5.73. The van der Waals surface area contributed by atoms with Gasteiger partial charge in [0.1, 0.15) is 10.8 Å². The number of amides is 1. The highest BCUT2D eigenvalue weighted by molar-refractivity contribution is 7.99. The molecule has 10 heteroatoms. The van der Waals surface area contributed by atoms with Gasteiger partial charge in [0.2, 0.25) is 11.9 Å². The molecule has 1 atom stereocenters. The summed E-state index contributed by atoms with van der Waals surface area (Å²) in [6.07, 6.45) is 4.05. The molecule has 1 unspecified atom stereocenters. The van der Waals surface area contributed by atoms with Crippen LogP contribution in [-0.4, -0.2) is 61.0 Å². The number of anilines is 1. The van der Waals surface area contributed by atoms with E-state index in [0.717, 1.165) is 57.4 Å². The maximum atomic E-state index is 12.3. The number of nitrogen functional groups attached to an aromatic ring is 1. The predicted molar refractivity (Wildman–Crippen MR) is 118 cm³/mol. The lowest BCUT2D eigenvalue weighted by Crippen LogP contribution is -2.39. The number of aromatic nitrogens is 5. The molecule has 3 aromatic heterocycles. The lowest BCUT2D eigenvalue weighted by atomic mass is 10.1. The van der Waals surface area contributed by atoms with Gasteiger partial charge in [-0.3, -0.25) is 9.78 Å². The van der Waals surface area contributed by atoms with E-state index >= 15 is 0 Å². The van der Waals surface area contributed by atoms with Crippen molar-refractivity contribution in [2.75, 3.05) is 25.1 Å². The number of thioether (sulfide) groups is 1. The third kappa shape index (κ3) is 3.38. The van der Waals surface area contributed by atoms with E-state index in [9.17, 15) is 4.79 Å². The van der Waals surface area contributed by atoms with Crippen LogP contribution in [0.3, 0.4) is 0 Å². The van der Waals surface area contributed by atoms with Crippen LogP contribution in [0.15, 0.2) is 11.2 Å². The molecule has 1 fully saturated rings. The van der Waals surface area contributed by atoms with E-state index in [-0.39, 0.29) is 17.9 Å². The van der Waals surface area contributed by atoms with Crippen molar-refractivity contribution in [1.82, 2.24) is 29.6 Å². The van der Waals surface area contributed by atoms with Crippen LogP contribution in [0.25, 0.3) is 11.0 Å². The second-order valence-electron chi connectivity index (χ2n) is 8.10. The van der Waals surface area contributed by atoms with E-state index in [0.29, 0.717) is 25.0 Å². The SMILES string of the molecule is COc1c(C)cnc(Cn2nc3c4c(nc(N)nc42)SCC(N2CCCC2=O)C3)c1C. The van der Waals surface area contributed by atoms with Crippen LogP contribution in [0.5, 0.6) is 5.75 Å². The van der Waals surface area contributed by atoms with E-state index in [2.05, 4.69) is 15.0 Å². The predicted octanol–water partition coefficient (Wildman–Crippen LogP) is 2.12. The van der Waals surface area contributed by atoms with Gasteiger partial charge in [-0.15, -0.1) is 11.8 Å². The fourth-order valence-electron chi connectivity index (χ4n) is 4.57. The summed E-state index contributed by atoms with van der Waals surface area (Å²) in [6.45, 7) is 5.24. The molecule has 0 aliphatic carbocycles. The van der Waals surface area contributed by atoms with Gasteiger partial charge in [-0.25, -0.2) is 9.67 Å². The molecule has 2 aliphatic rings. The van der Waals surface area contributed by atoms with Crippen molar-refractivity contribution in [1.29, 1.82) is 0 Å². The largest absolute Gasteiger partial charge is 0.496 e. The molecule has 0 radical (unpaired) electrons. The van der Waals surface area contributed by atoms with Gasteiger partial charge >= 0.3 is 0 Å². The van der Waals surface area contributed by atoms with Crippen LogP contribution in [0.2, 0.25) is 0 Å². The van der Waals surface area contributed by atoms with Crippen molar-refractivity contribution in [2.45, 2.75) is 50.7 Å². The molecule has 1 saturated heterocycles. The monoisotopic (exact) mass is 439 g/mol. The molecule has 3 aromatic rings. The Hall–Kier alpha value is -2.88. The third-order valence-corrected chi connectivity index (χ3v) is 7.21. The number of carbonyl (C=O) groups excluding carboxylic acids is 1. The fraction of sp³-hybridized carbons (Fsp3) is 0.476. The molecule has 2 aliphatic heterocycles. The van der Waals surface area contributed by atoms with Crippen LogP contribution in [0.4, 0.5) is 5.95 Å². The molecular formula is C21H25N7O2S. The Balaban J connectivity index is 1.57. The number of likely N-dealkylation sites (tertiary alicyclic amines) is 1. The molecule has 0 saturated carbocycles. The third-order valence-electron chi connectivity index (χ3n) is 6.09. The maximum Gasteiger partial charge on any atom is 0.223 e. The van der Waals surface area contributed by atoms with E-state index < -0.39 is 0 Å².